The second kappa shape index (κ2) is 6.00. The predicted molar refractivity (Wildman–Crippen MR) is 91.4 cm³/mol. The molecule has 3 nitrogen and oxygen atoms in total. The molecule has 0 aliphatic heterocycles. The maximum Gasteiger partial charge on any atom is 0.172 e. The molecule has 21 heavy (non-hydrogen) atoms. The molecule has 0 aliphatic carbocycles. The number of anilines is 1. The summed E-state index contributed by atoms with van der Waals surface area (Å²) in [6.45, 7) is 6.10. The Morgan fingerprint density at radius 1 is 1.14 bits per heavy atom. The van der Waals surface area contributed by atoms with E-state index < -0.39 is 0 Å². The van der Waals surface area contributed by atoms with Crippen LogP contribution >= 0.6 is 22.9 Å². The molecule has 0 radical (unpaired) electrons. The van der Waals surface area contributed by atoms with Gasteiger partial charge in [-0.1, -0.05) is 17.7 Å². The number of hydrogen-bond acceptors (Lipinski definition) is 4. The lowest BCUT2D eigenvalue weighted by Gasteiger charge is -2.22. The molecule has 5 heteroatoms. The Hall–Kier alpha value is -1.65. The molecule has 0 amide bonds. The molecule has 0 fully saturated rings. The van der Waals surface area contributed by atoms with Gasteiger partial charge in [0.1, 0.15) is 5.82 Å². The molecule has 108 valence electrons. The number of benzene rings is 1. The van der Waals surface area contributed by atoms with Crippen molar-refractivity contribution < 1.29 is 0 Å². The summed E-state index contributed by atoms with van der Waals surface area (Å²) in [5.41, 5.74) is 0.891. The summed E-state index contributed by atoms with van der Waals surface area (Å²) in [5.74, 6) is 1.74. The van der Waals surface area contributed by atoms with Crippen LogP contribution in [0.25, 0.3) is 21.6 Å². The van der Waals surface area contributed by atoms with Crippen LogP contribution in [-0.4, -0.2) is 23.1 Å². The molecule has 0 atom stereocenters. The molecular formula is C16H16ClN3S. The average Bonchev–Trinajstić information content (AvgIpc) is 3.02. The van der Waals surface area contributed by atoms with Gasteiger partial charge in [-0.25, -0.2) is 9.97 Å². The van der Waals surface area contributed by atoms with Gasteiger partial charge in [-0.15, -0.1) is 11.3 Å². The summed E-state index contributed by atoms with van der Waals surface area (Å²) in [6, 6.07) is 9.86. The topological polar surface area (TPSA) is 29.0 Å². The van der Waals surface area contributed by atoms with Crippen molar-refractivity contribution in [3.63, 3.8) is 0 Å². The molecule has 0 aliphatic rings. The molecule has 1 aromatic carbocycles. The minimum absolute atomic E-state index is 0.698. The second-order valence-corrected chi connectivity index (χ2v) is 6.07. The molecule has 0 saturated carbocycles. The number of nitrogens with zero attached hydrogens (tertiary/aromatic N) is 3. The molecule has 0 unspecified atom stereocenters. The molecule has 0 bridgehead atoms. The molecule has 3 aromatic rings. The zero-order valence-corrected chi connectivity index (χ0v) is 13.6. The third kappa shape index (κ3) is 2.74. The Bertz CT molecular complexity index is 752. The molecular weight excluding hydrogens is 302 g/mol. The van der Waals surface area contributed by atoms with Gasteiger partial charge in [0.2, 0.25) is 0 Å². The highest BCUT2D eigenvalue weighted by Crippen LogP contribution is 2.30. The normalized spacial score (nSPS) is 11.0. The van der Waals surface area contributed by atoms with Gasteiger partial charge in [0.05, 0.1) is 10.4 Å². The highest BCUT2D eigenvalue weighted by molar-refractivity contribution is 7.13. The van der Waals surface area contributed by atoms with E-state index in [2.05, 4.69) is 23.7 Å². The summed E-state index contributed by atoms with van der Waals surface area (Å²) in [6.07, 6.45) is 0. The van der Waals surface area contributed by atoms with Crippen molar-refractivity contribution >= 4 is 39.7 Å². The van der Waals surface area contributed by atoms with Crippen molar-refractivity contribution in [3.8, 4) is 10.7 Å². The first-order valence-corrected chi connectivity index (χ1v) is 8.24. The van der Waals surface area contributed by atoms with Gasteiger partial charge in [-0.2, -0.15) is 0 Å². The Kier molecular flexibility index (Phi) is 4.08. The number of hydrogen-bond donors (Lipinski definition) is 0. The molecule has 0 saturated heterocycles. The van der Waals surface area contributed by atoms with Crippen LogP contribution in [0, 0.1) is 0 Å². The van der Waals surface area contributed by atoms with Gasteiger partial charge in [0, 0.05) is 23.5 Å². The van der Waals surface area contributed by atoms with E-state index in [4.69, 9.17) is 16.6 Å². The van der Waals surface area contributed by atoms with Crippen LogP contribution in [0.4, 0.5) is 5.82 Å². The van der Waals surface area contributed by atoms with Crippen molar-refractivity contribution in [3.05, 3.63) is 40.7 Å². The fraction of sp³-hybridized carbons (Fsp3) is 0.250. The van der Waals surface area contributed by atoms with Crippen LogP contribution in [0.15, 0.2) is 35.7 Å². The molecule has 2 aromatic heterocycles. The van der Waals surface area contributed by atoms with Crippen molar-refractivity contribution in [1.29, 1.82) is 0 Å². The first-order chi connectivity index (χ1) is 10.2. The van der Waals surface area contributed by atoms with Crippen molar-refractivity contribution in [1.82, 2.24) is 9.97 Å². The van der Waals surface area contributed by atoms with Crippen molar-refractivity contribution in [2.75, 3.05) is 18.0 Å². The zero-order chi connectivity index (χ0) is 14.8. The van der Waals surface area contributed by atoms with E-state index in [1.165, 1.54) is 0 Å². The fourth-order valence-corrected chi connectivity index (χ4v) is 3.19. The monoisotopic (exact) mass is 317 g/mol. The van der Waals surface area contributed by atoms with Crippen LogP contribution in [0.2, 0.25) is 5.02 Å². The van der Waals surface area contributed by atoms with Crippen LogP contribution in [-0.2, 0) is 0 Å². The smallest absolute Gasteiger partial charge is 0.172 e. The van der Waals surface area contributed by atoms with E-state index in [-0.39, 0.29) is 0 Å². The van der Waals surface area contributed by atoms with E-state index in [1.807, 2.05) is 35.7 Å². The standard InChI is InChI=1S/C16H16ClN3S/c1-3-20(4-2)16-12-8-7-11(17)10-13(12)18-15(19-16)14-6-5-9-21-14/h5-10H,3-4H2,1-2H3. The van der Waals surface area contributed by atoms with Gasteiger partial charge < -0.3 is 4.90 Å². The first kappa shape index (κ1) is 14.3. The highest BCUT2D eigenvalue weighted by Gasteiger charge is 2.14. The zero-order valence-electron chi connectivity index (χ0n) is 12.0. The van der Waals surface area contributed by atoms with Crippen LogP contribution in [0.3, 0.4) is 0 Å². The number of rotatable bonds is 4. The van der Waals surface area contributed by atoms with E-state index in [0.29, 0.717) is 5.02 Å². The van der Waals surface area contributed by atoms with Crippen LogP contribution < -0.4 is 4.90 Å². The van der Waals surface area contributed by atoms with Gasteiger partial charge in [-0.3, -0.25) is 0 Å². The third-order valence-electron chi connectivity index (χ3n) is 3.44. The summed E-state index contributed by atoms with van der Waals surface area (Å²) >= 11 is 7.77. The molecule has 0 N–H and O–H groups in total. The van der Waals surface area contributed by atoms with Crippen molar-refractivity contribution in [2.45, 2.75) is 13.8 Å². The van der Waals surface area contributed by atoms with E-state index in [9.17, 15) is 0 Å². The lowest BCUT2D eigenvalue weighted by Crippen LogP contribution is -2.23. The Balaban J connectivity index is 2.27. The number of fused-ring (bicyclic) bond motifs is 1. The maximum atomic E-state index is 6.12. The lowest BCUT2D eigenvalue weighted by atomic mass is 10.2. The first-order valence-electron chi connectivity index (χ1n) is 6.99. The van der Waals surface area contributed by atoms with E-state index >= 15 is 0 Å². The summed E-state index contributed by atoms with van der Waals surface area (Å²) in [5, 5.41) is 3.78. The highest BCUT2D eigenvalue weighted by atomic mass is 35.5. The number of halogens is 1. The number of thiophene rings is 1. The predicted octanol–water partition coefficient (Wildman–Crippen LogP) is 4.86. The minimum atomic E-state index is 0.698. The largest absolute Gasteiger partial charge is 0.357 e. The molecule has 3 rings (SSSR count). The van der Waals surface area contributed by atoms with Crippen LogP contribution in [0.5, 0.6) is 0 Å². The Labute approximate surface area is 133 Å². The second-order valence-electron chi connectivity index (χ2n) is 4.68. The van der Waals surface area contributed by atoms with Gasteiger partial charge in [-0.05, 0) is 43.5 Å². The Morgan fingerprint density at radius 3 is 2.62 bits per heavy atom. The molecule has 2 heterocycles. The molecule has 0 spiro atoms. The fourth-order valence-electron chi connectivity index (χ4n) is 2.37. The maximum absolute atomic E-state index is 6.12. The van der Waals surface area contributed by atoms with Crippen LogP contribution in [0.1, 0.15) is 13.8 Å². The van der Waals surface area contributed by atoms with Gasteiger partial charge in [0.25, 0.3) is 0 Å². The van der Waals surface area contributed by atoms with Gasteiger partial charge >= 0.3 is 0 Å². The van der Waals surface area contributed by atoms with Gasteiger partial charge in [0.15, 0.2) is 5.82 Å². The van der Waals surface area contributed by atoms with Crippen molar-refractivity contribution in [2.24, 2.45) is 0 Å². The summed E-state index contributed by atoms with van der Waals surface area (Å²) < 4.78 is 0. The number of aromatic nitrogens is 2. The third-order valence-corrected chi connectivity index (χ3v) is 4.54. The lowest BCUT2D eigenvalue weighted by molar-refractivity contribution is 0.850. The minimum Gasteiger partial charge on any atom is -0.357 e. The van der Waals surface area contributed by atoms with E-state index in [0.717, 1.165) is 40.5 Å². The summed E-state index contributed by atoms with van der Waals surface area (Å²) in [4.78, 5) is 12.8. The average molecular weight is 318 g/mol. The van der Waals surface area contributed by atoms with E-state index in [1.54, 1.807) is 11.3 Å². The SMILES string of the molecule is CCN(CC)c1nc(-c2cccs2)nc2cc(Cl)ccc12. The summed E-state index contributed by atoms with van der Waals surface area (Å²) in [7, 11) is 0. The quantitative estimate of drug-likeness (QED) is 0.688. The Morgan fingerprint density at radius 2 is 1.95 bits per heavy atom.